The Kier molecular flexibility index (Phi) is 5.34. The lowest BCUT2D eigenvalue weighted by atomic mass is 10.1. The monoisotopic (exact) mass is 262 g/mol. The predicted octanol–water partition coefficient (Wildman–Crippen LogP) is 1.36. The first-order valence-electron chi connectivity index (χ1n) is 6.57. The standard InChI is InChI=1S/C15H19FN2O/c16-15-5-4-13(11-14(15)3-1-6-17)12-18-7-2-9-19-10-8-18/h4-5,11H,2,6-10,12,17H2. The molecule has 0 unspecified atom stereocenters. The van der Waals surface area contributed by atoms with Crippen molar-refractivity contribution in [3.63, 3.8) is 0 Å². The Morgan fingerprint density at radius 2 is 2.21 bits per heavy atom. The summed E-state index contributed by atoms with van der Waals surface area (Å²) in [6, 6.07) is 5.10. The van der Waals surface area contributed by atoms with Gasteiger partial charge in [0.15, 0.2) is 0 Å². The van der Waals surface area contributed by atoms with Gasteiger partial charge < -0.3 is 10.5 Å². The zero-order chi connectivity index (χ0) is 13.5. The number of nitrogens with two attached hydrogens (primary N) is 1. The molecule has 1 aromatic rings. The summed E-state index contributed by atoms with van der Waals surface area (Å²) in [7, 11) is 0. The first kappa shape index (κ1) is 14.0. The molecule has 0 bridgehead atoms. The Morgan fingerprint density at radius 3 is 3.05 bits per heavy atom. The van der Waals surface area contributed by atoms with Gasteiger partial charge in [-0.05, 0) is 24.1 Å². The molecule has 0 aliphatic carbocycles. The van der Waals surface area contributed by atoms with Crippen LogP contribution in [0.3, 0.4) is 0 Å². The summed E-state index contributed by atoms with van der Waals surface area (Å²) < 4.78 is 19.0. The largest absolute Gasteiger partial charge is 0.380 e. The maximum Gasteiger partial charge on any atom is 0.138 e. The van der Waals surface area contributed by atoms with Crippen LogP contribution in [0.15, 0.2) is 18.2 Å². The third-order valence-electron chi connectivity index (χ3n) is 3.08. The molecule has 2 N–H and O–H groups in total. The molecule has 4 heteroatoms. The van der Waals surface area contributed by atoms with Gasteiger partial charge in [-0.3, -0.25) is 4.90 Å². The van der Waals surface area contributed by atoms with Gasteiger partial charge in [0.25, 0.3) is 0 Å². The third kappa shape index (κ3) is 4.32. The molecule has 0 spiro atoms. The van der Waals surface area contributed by atoms with Crippen molar-refractivity contribution in [1.82, 2.24) is 4.90 Å². The van der Waals surface area contributed by atoms with Gasteiger partial charge >= 0.3 is 0 Å². The summed E-state index contributed by atoms with van der Waals surface area (Å²) in [5.41, 5.74) is 6.81. The molecule has 1 aromatic carbocycles. The van der Waals surface area contributed by atoms with E-state index in [2.05, 4.69) is 16.7 Å². The number of nitrogens with zero attached hydrogens (tertiary/aromatic N) is 1. The Bertz CT molecular complexity index is 471. The van der Waals surface area contributed by atoms with Crippen LogP contribution in [0, 0.1) is 17.7 Å². The maximum absolute atomic E-state index is 13.6. The molecule has 1 heterocycles. The van der Waals surface area contributed by atoms with Crippen molar-refractivity contribution >= 4 is 0 Å². The lowest BCUT2D eigenvalue weighted by Gasteiger charge is -2.19. The highest BCUT2D eigenvalue weighted by Gasteiger charge is 2.10. The van der Waals surface area contributed by atoms with Crippen LogP contribution in [0.2, 0.25) is 0 Å². The molecule has 102 valence electrons. The van der Waals surface area contributed by atoms with Crippen molar-refractivity contribution in [3.8, 4) is 11.8 Å². The molecule has 0 saturated carbocycles. The van der Waals surface area contributed by atoms with Crippen LogP contribution in [-0.4, -0.2) is 37.7 Å². The number of halogens is 1. The highest BCUT2D eigenvalue weighted by molar-refractivity contribution is 5.38. The van der Waals surface area contributed by atoms with Crippen molar-refractivity contribution < 1.29 is 9.13 Å². The fraction of sp³-hybridized carbons (Fsp3) is 0.467. The van der Waals surface area contributed by atoms with Crippen LogP contribution in [0.5, 0.6) is 0 Å². The molecule has 1 aliphatic rings. The molecule has 3 nitrogen and oxygen atoms in total. The molecule has 1 aliphatic heterocycles. The van der Waals surface area contributed by atoms with Crippen molar-refractivity contribution in [2.24, 2.45) is 5.73 Å². The first-order chi connectivity index (χ1) is 9.29. The topological polar surface area (TPSA) is 38.5 Å². The van der Waals surface area contributed by atoms with E-state index in [4.69, 9.17) is 10.5 Å². The Labute approximate surface area is 113 Å². The normalized spacial score (nSPS) is 16.5. The van der Waals surface area contributed by atoms with Gasteiger partial charge in [0.2, 0.25) is 0 Å². The van der Waals surface area contributed by atoms with Gasteiger partial charge in [-0.1, -0.05) is 17.9 Å². The molecule has 0 aromatic heterocycles. The van der Waals surface area contributed by atoms with Crippen LogP contribution < -0.4 is 5.73 Å². The van der Waals surface area contributed by atoms with Crippen molar-refractivity contribution in [3.05, 3.63) is 35.1 Å². The van der Waals surface area contributed by atoms with Crippen LogP contribution in [-0.2, 0) is 11.3 Å². The van der Waals surface area contributed by atoms with E-state index in [1.165, 1.54) is 6.07 Å². The van der Waals surface area contributed by atoms with E-state index in [9.17, 15) is 4.39 Å². The van der Waals surface area contributed by atoms with E-state index < -0.39 is 0 Å². The van der Waals surface area contributed by atoms with Crippen molar-refractivity contribution in [2.45, 2.75) is 13.0 Å². The van der Waals surface area contributed by atoms with Crippen LogP contribution in [0.1, 0.15) is 17.5 Å². The summed E-state index contributed by atoms with van der Waals surface area (Å²) >= 11 is 0. The average Bonchev–Trinajstić information content (AvgIpc) is 2.68. The lowest BCUT2D eigenvalue weighted by Crippen LogP contribution is -2.25. The van der Waals surface area contributed by atoms with Gasteiger partial charge in [0, 0.05) is 26.2 Å². The van der Waals surface area contributed by atoms with E-state index in [1.807, 2.05) is 12.1 Å². The third-order valence-corrected chi connectivity index (χ3v) is 3.08. The second-order valence-corrected chi connectivity index (χ2v) is 4.56. The summed E-state index contributed by atoms with van der Waals surface area (Å²) in [6.07, 6.45) is 1.04. The second-order valence-electron chi connectivity index (χ2n) is 4.56. The molecular weight excluding hydrogens is 243 g/mol. The first-order valence-corrected chi connectivity index (χ1v) is 6.57. The van der Waals surface area contributed by atoms with Gasteiger partial charge in [-0.25, -0.2) is 4.39 Å². The summed E-state index contributed by atoms with van der Waals surface area (Å²) in [4.78, 5) is 2.32. The lowest BCUT2D eigenvalue weighted by molar-refractivity contribution is 0.140. The van der Waals surface area contributed by atoms with E-state index >= 15 is 0 Å². The highest BCUT2D eigenvalue weighted by atomic mass is 19.1. The number of ether oxygens (including phenoxy) is 1. The second kappa shape index (κ2) is 7.25. The van der Waals surface area contributed by atoms with Crippen LogP contribution in [0.4, 0.5) is 4.39 Å². The van der Waals surface area contributed by atoms with E-state index in [0.717, 1.165) is 44.8 Å². The van der Waals surface area contributed by atoms with Crippen molar-refractivity contribution in [1.29, 1.82) is 0 Å². The minimum atomic E-state index is -0.288. The van der Waals surface area contributed by atoms with Gasteiger partial charge in [0.1, 0.15) is 5.82 Å². The molecule has 2 rings (SSSR count). The highest BCUT2D eigenvalue weighted by Crippen LogP contribution is 2.13. The molecule has 19 heavy (non-hydrogen) atoms. The molecule has 0 amide bonds. The fourth-order valence-corrected chi connectivity index (χ4v) is 2.13. The van der Waals surface area contributed by atoms with E-state index in [0.29, 0.717) is 5.56 Å². The minimum Gasteiger partial charge on any atom is -0.380 e. The number of hydrogen-bond acceptors (Lipinski definition) is 3. The number of benzene rings is 1. The molecule has 1 fully saturated rings. The van der Waals surface area contributed by atoms with Gasteiger partial charge in [0.05, 0.1) is 18.7 Å². The average molecular weight is 262 g/mol. The quantitative estimate of drug-likeness (QED) is 0.818. The maximum atomic E-state index is 13.6. The van der Waals surface area contributed by atoms with Gasteiger partial charge in [-0.15, -0.1) is 0 Å². The predicted molar refractivity (Wildman–Crippen MR) is 73.0 cm³/mol. The summed E-state index contributed by atoms with van der Waals surface area (Å²) in [5.74, 6) is 5.17. The Hall–Kier alpha value is -1.41. The number of hydrogen-bond donors (Lipinski definition) is 1. The summed E-state index contributed by atoms with van der Waals surface area (Å²) in [6.45, 7) is 4.57. The fourth-order valence-electron chi connectivity index (χ4n) is 2.13. The zero-order valence-corrected chi connectivity index (χ0v) is 11.0. The SMILES string of the molecule is NCC#Cc1cc(CN2CCCOCC2)ccc1F. The van der Waals surface area contributed by atoms with Crippen molar-refractivity contribution in [2.75, 3.05) is 32.8 Å². The zero-order valence-electron chi connectivity index (χ0n) is 11.0. The van der Waals surface area contributed by atoms with E-state index in [1.54, 1.807) is 0 Å². The van der Waals surface area contributed by atoms with Gasteiger partial charge in [-0.2, -0.15) is 0 Å². The Morgan fingerprint density at radius 1 is 1.32 bits per heavy atom. The summed E-state index contributed by atoms with van der Waals surface area (Å²) in [5, 5.41) is 0. The minimum absolute atomic E-state index is 0.243. The molecule has 1 saturated heterocycles. The molecule has 0 radical (unpaired) electrons. The molecular formula is C15H19FN2O. The number of rotatable bonds is 2. The van der Waals surface area contributed by atoms with E-state index in [-0.39, 0.29) is 12.4 Å². The Balaban J connectivity index is 2.07. The smallest absolute Gasteiger partial charge is 0.138 e. The molecule has 0 atom stereocenters. The van der Waals surface area contributed by atoms with Crippen LogP contribution >= 0.6 is 0 Å². The van der Waals surface area contributed by atoms with Crippen LogP contribution in [0.25, 0.3) is 0 Å².